The molecule has 4 rings (SSSR count). The molecule has 5 N–H and O–H groups in total. The molecule has 4 amide bonds. The van der Waals surface area contributed by atoms with Crippen LogP contribution in [0.3, 0.4) is 0 Å². The van der Waals surface area contributed by atoms with Gasteiger partial charge in [0.25, 0.3) is 5.91 Å². The fraction of sp³-hybridized carbons (Fsp3) is 0.344. The van der Waals surface area contributed by atoms with Crippen LogP contribution in [0.2, 0.25) is 0 Å². The zero-order valence-electron chi connectivity index (χ0n) is 24.8. The molecular weight excluding hydrogens is 566 g/mol. The van der Waals surface area contributed by atoms with E-state index >= 15 is 0 Å². The van der Waals surface area contributed by atoms with Gasteiger partial charge < -0.3 is 31.3 Å². The number of benzene rings is 3. The third-order valence-electron chi connectivity index (χ3n) is 7.11. The van der Waals surface area contributed by atoms with Crippen LogP contribution >= 0.6 is 0 Å². The zero-order chi connectivity index (χ0) is 31.1. The Balaban J connectivity index is 1.56. The highest BCUT2D eigenvalue weighted by Gasteiger charge is 2.35. The predicted molar refractivity (Wildman–Crippen MR) is 169 cm³/mol. The Bertz CT molecular complexity index is 1490. The predicted octanol–water partition coefficient (Wildman–Crippen LogP) is 3.38. The van der Waals surface area contributed by atoms with E-state index in [1.54, 1.807) is 43.1 Å². The summed E-state index contributed by atoms with van der Waals surface area (Å²) in [6.45, 7) is 5.89. The smallest absolute Gasteiger partial charge is 0.318 e. The van der Waals surface area contributed by atoms with Crippen LogP contribution in [-0.2, 0) is 26.9 Å². The van der Waals surface area contributed by atoms with Gasteiger partial charge >= 0.3 is 6.03 Å². The second kappa shape index (κ2) is 13.9. The standard InChI is InChI=1S/C32H39N5O5S/c1-21(38)18-34-32(2,3)17-29(39)35-26-20-43(42)28-12-8-7-11-27(28)37(30(26)40)19-22-13-15-23(16-14-22)24-9-5-6-10-25(24)36-31(41)33-4/h5-16,21,26,34,38H,17-20H2,1-4H3,(H,35,39)(H2,33,36,41)/t21-,26+,43?/m0/s1. The van der Waals surface area contributed by atoms with Crippen LogP contribution in [0.25, 0.3) is 11.1 Å². The summed E-state index contributed by atoms with van der Waals surface area (Å²) in [6, 6.07) is 21.0. The van der Waals surface area contributed by atoms with Crippen LogP contribution in [0.5, 0.6) is 0 Å². The summed E-state index contributed by atoms with van der Waals surface area (Å²) in [7, 11) is 0.0400. The minimum absolute atomic E-state index is 0.0341. The van der Waals surface area contributed by atoms with Crippen molar-refractivity contribution in [3.05, 3.63) is 78.4 Å². The van der Waals surface area contributed by atoms with Crippen molar-refractivity contribution in [3.8, 4) is 11.1 Å². The number of carbonyl (C=O) groups excluding carboxylic acids is 3. The van der Waals surface area contributed by atoms with Gasteiger partial charge in [0.15, 0.2) is 0 Å². The number of anilines is 2. The molecular formula is C32H39N5O5S. The molecule has 3 atom stereocenters. The highest BCUT2D eigenvalue weighted by Crippen LogP contribution is 2.31. The van der Waals surface area contributed by atoms with Crippen LogP contribution in [0.4, 0.5) is 16.2 Å². The van der Waals surface area contributed by atoms with E-state index in [1.807, 2.05) is 62.4 Å². The van der Waals surface area contributed by atoms with Gasteiger partial charge in [0, 0.05) is 31.1 Å². The number of nitrogens with zero attached hydrogens (tertiary/aromatic N) is 1. The van der Waals surface area contributed by atoms with E-state index in [-0.39, 0.29) is 36.6 Å². The number of nitrogens with one attached hydrogen (secondary N) is 4. The lowest BCUT2D eigenvalue weighted by atomic mass is 9.99. The van der Waals surface area contributed by atoms with Crippen molar-refractivity contribution in [1.82, 2.24) is 16.0 Å². The molecule has 1 aliphatic rings. The number of fused-ring (bicyclic) bond motifs is 1. The van der Waals surface area contributed by atoms with Crippen LogP contribution in [0, 0.1) is 0 Å². The van der Waals surface area contributed by atoms with E-state index in [1.165, 1.54) is 0 Å². The number of aliphatic hydroxyl groups excluding tert-OH is 1. The van der Waals surface area contributed by atoms with Crippen molar-refractivity contribution in [2.45, 2.75) is 56.3 Å². The lowest BCUT2D eigenvalue weighted by Gasteiger charge is -2.29. The van der Waals surface area contributed by atoms with E-state index < -0.39 is 28.5 Å². The van der Waals surface area contributed by atoms with Gasteiger partial charge in [-0.3, -0.25) is 13.8 Å². The average Bonchev–Trinajstić information content (AvgIpc) is 3.07. The second-order valence-electron chi connectivity index (χ2n) is 11.3. The number of β-amino-alcohol motifs (C(OH)–C–C–N with tert-alkyl or cyclic N) is 1. The van der Waals surface area contributed by atoms with Gasteiger partial charge in [0.1, 0.15) is 6.04 Å². The molecule has 3 aromatic rings. The average molecular weight is 606 g/mol. The summed E-state index contributed by atoms with van der Waals surface area (Å²) in [6.07, 6.45) is -0.496. The lowest BCUT2D eigenvalue weighted by Crippen LogP contribution is -2.52. The molecule has 1 unspecified atom stereocenters. The number of amides is 4. The van der Waals surface area contributed by atoms with Gasteiger partial charge in [-0.2, -0.15) is 0 Å². The molecule has 0 aliphatic carbocycles. The molecule has 0 radical (unpaired) electrons. The SMILES string of the molecule is CNC(=O)Nc1ccccc1-c1ccc(CN2C(=O)[C@H](NC(=O)CC(C)(C)NC[C@H](C)O)CS(=O)c3ccccc32)cc1. The van der Waals surface area contributed by atoms with Crippen molar-refractivity contribution in [2.75, 3.05) is 29.6 Å². The van der Waals surface area contributed by atoms with Gasteiger partial charge in [0.05, 0.1) is 45.5 Å². The molecule has 0 spiro atoms. The van der Waals surface area contributed by atoms with Gasteiger partial charge in [-0.05, 0) is 50.1 Å². The lowest BCUT2D eigenvalue weighted by molar-refractivity contribution is -0.128. The van der Waals surface area contributed by atoms with E-state index in [4.69, 9.17) is 0 Å². The first-order valence-electron chi connectivity index (χ1n) is 14.2. The molecule has 228 valence electrons. The molecule has 1 heterocycles. The molecule has 3 aromatic carbocycles. The Kier molecular flexibility index (Phi) is 10.3. The Morgan fingerprint density at radius 2 is 1.72 bits per heavy atom. The maximum atomic E-state index is 13.9. The maximum Gasteiger partial charge on any atom is 0.318 e. The number of para-hydroxylation sites is 2. The number of hydrogen-bond acceptors (Lipinski definition) is 6. The summed E-state index contributed by atoms with van der Waals surface area (Å²) >= 11 is 0. The largest absolute Gasteiger partial charge is 0.392 e. The summed E-state index contributed by atoms with van der Waals surface area (Å²) in [4.78, 5) is 41.0. The van der Waals surface area contributed by atoms with Crippen LogP contribution in [0.15, 0.2) is 77.7 Å². The molecule has 1 aliphatic heterocycles. The zero-order valence-corrected chi connectivity index (χ0v) is 25.7. The van der Waals surface area contributed by atoms with Gasteiger partial charge in [0.2, 0.25) is 5.91 Å². The van der Waals surface area contributed by atoms with Gasteiger partial charge in [-0.25, -0.2) is 4.79 Å². The number of aliphatic hydroxyl groups is 1. The first-order valence-corrected chi connectivity index (χ1v) is 15.5. The second-order valence-corrected chi connectivity index (χ2v) is 12.7. The van der Waals surface area contributed by atoms with Crippen molar-refractivity contribution < 1.29 is 23.7 Å². The van der Waals surface area contributed by atoms with E-state index in [0.29, 0.717) is 22.8 Å². The summed E-state index contributed by atoms with van der Waals surface area (Å²) in [5.41, 5.74) is 3.16. The summed E-state index contributed by atoms with van der Waals surface area (Å²) in [5, 5.41) is 21.0. The molecule has 10 nitrogen and oxygen atoms in total. The molecule has 43 heavy (non-hydrogen) atoms. The van der Waals surface area contributed by atoms with Crippen LogP contribution < -0.4 is 26.2 Å². The molecule has 0 saturated carbocycles. The van der Waals surface area contributed by atoms with E-state index in [2.05, 4.69) is 21.3 Å². The van der Waals surface area contributed by atoms with Crippen LogP contribution in [0.1, 0.15) is 32.8 Å². The number of urea groups is 1. The third kappa shape index (κ3) is 8.28. The highest BCUT2D eigenvalue weighted by atomic mass is 32.2. The first-order chi connectivity index (χ1) is 20.5. The minimum Gasteiger partial charge on any atom is -0.392 e. The molecule has 0 saturated heterocycles. The van der Waals surface area contributed by atoms with Crippen molar-refractivity contribution >= 4 is 40.0 Å². The minimum atomic E-state index is -1.51. The Morgan fingerprint density at radius 1 is 1.05 bits per heavy atom. The van der Waals surface area contributed by atoms with Gasteiger partial charge in [-0.1, -0.05) is 54.6 Å². The van der Waals surface area contributed by atoms with Crippen molar-refractivity contribution in [2.24, 2.45) is 0 Å². The number of carbonyl (C=O) groups is 3. The first kappa shape index (κ1) is 31.9. The maximum absolute atomic E-state index is 13.9. The van der Waals surface area contributed by atoms with Crippen molar-refractivity contribution in [3.63, 3.8) is 0 Å². The third-order valence-corrected chi connectivity index (χ3v) is 8.58. The van der Waals surface area contributed by atoms with Crippen LogP contribution in [-0.4, -0.2) is 64.2 Å². The van der Waals surface area contributed by atoms with E-state index in [9.17, 15) is 23.7 Å². The molecule has 0 fully saturated rings. The Morgan fingerprint density at radius 3 is 2.42 bits per heavy atom. The molecule has 11 heteroatoms. The number of hydrogen-bond donors (Lipinski definition) is 5. The quantitative estimate of drug-likeness (QED) is 0.240. The fourth-order valence-corrected chi connectivity index (χ4v) is 6.24. The highest BCUT2D eigenvalue weighted by molar-refractivity contribution is 7.85. The Hall–Kier alpha value is -4.06. The normalized spacial score (nSPS) is 17.4. The summed E-state index contributed by atoms with van der Waals surface area (Å²) in [5.74, 6) is -0.725. The molecule has 0 aromatic heterocycles. The fourth-order valence-electron chi connectivity index (χ4n) is 4.89. The van der Waals surface area contributed by atoms with E-state index in [0.717, 1.165) is 16.7 Å². The molecule has 0 bridgehead atoms. The monoisotopic (exact) mass is 605 g/mol. The van der Waals surface area contributed by atoms with Gasteiger partial charge in [-0.15, -0.1) is 0 Å². The summed E-state index contributed by atoms with van der Waals surface area (Å²) < 4.78 is 13.3. The van der Waals surface area contributed by atoms with Crippen molar-refractivity contribution in [1.29, 1.82) is 0 Å². The number of rotatable bonds is 10. The topological polar surface area (TPSA) is 140 Å². The Labute approximate surface area is 254 Å².